The highest BCUT2D eigenvalue weighted by molar-refractivity contribution is 5.81. The summed E-state index contributed by atoms with van der Waals surface area (Å²) < 4.78 is 39.0. The molecule has 0 aromatic heterocycles. The first kappa shape index (κ1) is 9.74. The Morgan fingerprint density at radius 3 is 2.27 bits per heavy atom. The first-order chi connectivity index (χ1) is 4.90. The van der Waals surface area contributed by atoms with Crippen LogP contribution in [0.25, 0.3) is 0 Å². The number of esters is 1. The van der Waals surface area contributed by atoms with Crippen LogP contribution < -0.4 is 0 Å². The van der Waals surface area contributed by atoms with Crippen LogP contribution in [-0.4, -0.2) is 12.1 Å². The van der Waals surface area contributed by atoms with Crippen LogP contribution in [0.4, 0.5) is 13.2 Å². The number of alkyl halides is 2. The number of hydrogen-bond donors (Lipinski definition) is 0. The van der Waals surface area contributed by atoms with E-state index in [-0.39, 0.29) is 0 Å². The molecule has 0 atom stereocenters. The molecule has 11 heavy (non-hydrogen) atoms. The van der Waals surface area contributed by atoms with Crippen molar-refractivity contribution in [3.63, 3.8) is 0 Å². The van der Waals surface area contributed by atoms with E-state index in [1.807, 2.05) is 0 Å². The number of carbonyl (C=O) groups excluding carboxylic acids is 1. The van der Waals surface area contributed by atoms with E-state index in [1.54, 1.807) is 0 Å². The van der Waals surface area contributed by atoms with Crippen LogP contribution in [0.15, 0.2) is 25.1 Å². The molecule has 0 fully saturated rings. The van der Waals surface area contributed by atoms with Crippen molar-refractivity contribution in [1.29, 1.82) is 0 Å². The van der Waals surface area contributed by atoms with E-state index in [0.29, 0.717) is 6.08 Å². The molecule has 0 saturated heterocycles. The minimum Gasteiger partial charge on any atom is -0.392 e. The van der Waals surface area contributed by atoms with Crippen LogP contribution in [0.2, 0.25) is 0 Å². The Balaban J connectivity index is 4.23. The van der Waals surface area contributed by atoms with Crippen molar-refractivity contribution in [3.8, 4) is 0 Å². The Morgan fingerprint density at radius 2 is 2.00 bits per heavy atom. The van der Waals surface area contributed by atoms with Gasteiger partial charge >= 0.3 is 12.1 Å². The maximum atomic E-state index is 12.0. The number of carbonyl (C=O) groups is 1. The number of rotatable bonds is 3. The van der Waals surface area contributed by atoms with Gasteiger partial charge in [-0.05, 0) is 0 Å². The zero-order valence-electron chi connectivity index (χ0n) is 5.44. The van der Waals surface area contributed by atoms with Crippen LogP contribution in [0.1, 0.15) is 0 Å². The van der Waals surface area contributed by atoms with E-state index in [1.165, 1.54) is 0 Å². The highest BCUT2D eigenvalue weighted by Crippen LogP contribution is 2.24. The molecule has 0 N–H and O–H groups in total. The monoisotopic (exact) mass is 166 g/mol. The molecule has 0 unspecified atom stereocenters. The van der Waals surface area contributed by atoms with Crippen LogP contribution in [0.5, 0.6) is 0 Å². The Bertz CT molecular complexity index is 198. The lowest BCUT2D eigenvalue weighted by atomic mass is 10.5. The van der Waals surface area contributed by atoms with Crippen molar-refractivity contribution in [2.45, 2.75) is 6.11 Å². The van der Waals surface area contributed by atoms with Crippen molar-refractivity contribution in [2.24, 2.45) is 0 Å². The Kier molecular flexibility index (Phi) is 2.86. The number of ether oxygens (including phenoxy) is 1. The molecule has 0 heterocycles. The smallest absolute Gasteiger partial charge is 0.392 e. The van der Waals surface area contributed by atoms with Gasteiger partial charge in [-0.3, -0.25) is 0 Å². The van der Waals surface area contributed by atoms with Crippen LogP contribution >= 0.6 is 0 Å². The van der Waals surface area contributed by atoms with Gasteiger partial charge < -0.3 is 4.74 Å². The molecular formula is C6H5F3O2. The quantitative estimate of drug-likeness (QED) is 0.472. The van der Waals surface area contributed by atoms with Gasteiger partial charge in [-0.1, -0.05) is 13.2 Å². The zero-order valence-corrected chi connectivity index (χ0v) is 5.44. The first-order valence-corrected chi connectivity index (χ1v) is 2.48. The fourth-order valence-corrected chi connectivity index (χ4v) is 0.223. The minimum atomic E-state index is -4.26. The zero-order chi connectivity index (χ0) is 9.07. The van der Waals surface area contributed by atoms with Crippen molar-refractivity contribution in [1.82, 2.24) is 0 Å². The molecule has 2 nitrogen and oxygen atoms in total. The molecular weight excluding hydrogens is 161 g/mol. The summed E-state index contributed by atoms with van der Waals surface area (Å²) in [6.45, 7) is 5.13. The average molecular weight is 166 g/mol. The number of hydrogen-bond acceptors (Lipinski definition) is 2. The highest BCUT2D eigenvalue weighted by Gasteiger charge is 2.38. The third-order valence-corrected chi connectivity index (χ3v) is 0.711. The molecule has 0 aromatic rings. The summed E-state index contributed by atoms with van der Waals surface area (Å²) in [4.78, 5) is 10.1. The van der Waals surface area contributed by atoms with Crippen LogP contribution in [-0.2, 0) is 9.53 Å². The predicted molar refractivity (Wildman–Crippen MR) is 31.5 cm³/mol. The van der Waals surface area contributed by atoms with Gasteiger partial charge in [-0.25, -0.2) is 9.18 Å². The van der Waals surface area contributed by atoms with Crippen molar-refractivity contribution >= 4 is 5.97 Å². The lowest BCUT2D eigenvalue weighted by Crippen LogP contribution is -2.24. The molecule has 0 radical (unpaired) electrons. The van der Waals surface area contributed by atoms with E-state index in [4.69, 9.17) is 0 Å². The van der Waals surface area contributed by atoms with Crippen molar-refractivity contribution in [3.05, 3.63) is 25.1 Å². The van der Waals surface area contributed by atoms with Gasteiger partial charge in [0.2, 0.25) is 5.83 Å². The second-order valence-corrected chi connectivity index (χ2v) is 1.55. The maximum absolute atomic E-state index is 12.0. The molecule has 0 aromatic carbocycles. The van der Waals surface area contributed by atoms with Gasteiger partial charge in [0.15, 0.2) is 0 Å². The molecule has 0 spiro atoms. The van der Waals surface area contributed by atoms with Gasteiger partial charge in [-0.15, -0.1) is 0 Å². The van der Waals surface area contributed by atoms with Crippen molar-refractivity contribution < 1.29 is 22.7 Å². The van der Waals surface area contributed by atoms with Gasteiger partial charge in [0.25, 0.3) is 0 Å². The Labute approximate surface area is 61.0 Å². The summed E-state index contributed by atoms with van der Waals surface area (Å²) in [5.74, 6) is -3.43. The second kappa shape index (κ2) is 3.23. The summed E-state index contributed by atoms with van der Waals surface area (Å²) in [6.07, 6.45) is -3.76. The van der Waals surface area contributed by atoms with E-state index >= 15 is 0 Å². The van der Waals surface area contributed by atoms with Gasteiger partial charge in [0.05, 0.1) is 0 Å². The highest BCUT2D eigenvalue weighted by atomic mass is 19.3. The molecule has 5 heteroatoms. The summed E-state index contributed by atoms with van der Waals surface area (Å²) in [7, 11) is 0. The maximum Gasteiger partial charge on any atom is 0.455 e. The molecule has 0 aliphatic rings. The van der Waals surface area contributed by atoms with E-state index in [2.05, 4.69) is 17.9 Å². The molecule has 0 saturated carbocycles. The SMILES string of the molecule is C=CC(=O)OC(F)(F)C(=C)F. The molecule has 0 aliphatic heterocycles. The predicted octanol–water partition coefficient (Wildman–Crippen LogP) is 1.79. The third-order valence-electron chi connectivity index (χ3n) is 0.711. The molecule has 0 bridgehead atoms. The van der Waals surface area contributed by atoms with E-state index in [9.17, 15) is 18.0 Å². The fourth-order valence-electron chi connectivity index (χ4n) is 0.223. The normalized spacial score (nSPS) is 10.5. The summed E-state index contributed by atoms with van der Waals surface area (Å²) >= 11 is 0. The fraction of sp³-hybridized carbons (Fsp3) is 0.167. The third kappa shape index (κ3) is 2.88. The van der Waals surface area contributed by atoms with Crippen molar-refractivity contribution in [2.75, 3.05) is 0 Å². The largest absolute Gasteiger partial charge is 0.455 e. The molecule has 0 amide bonds. The lowest BCUT2D eigenvalue weighted by Gasteiger charge is -2.11. The Morgan fingerprint density at radius 1 is 1.55 bits per heavy atom. The van der Waals surface area contributed by atoms with Gasteiger partial charge in [0, 0.05) is 6.08 Å². The molecule has 0 aliphatic carbocycles. The Hall–Kier alpha value is -1.26. The minimum absolute atomic E-state index is 0.497. The second-order valence-electron chi connectivity index (χ2n) is 1.55. The molecule has 62 valence electrons. The summed E-state index contributed by atoms with van der Waals surface area (Å²) in [5.41, 5.74) is 0. The summed E-state index contributed by atoms with van der Waals surface area (Å²) in [6, 6.07) is 0. The average Bonchev–Trinajstić information content (AvgIpc) is 1.86. The van der Waals surface area contributed by atoms with Gasteiger partial charge in [-0.2, -0.15) is 8.78 Å². The van der Waals surface area contributed by atoms with E-state index in [0.717, 1.165) is 0 Å². The van der Waals surface area contributed by atoms with Crippen LogP contribution in [0, 0.1) is 0 Å². The molecule has 0 rings (SSSR count). The topological polar surface area (TPSA) is 26.3 Å². The van der Waals surface area contributed by atoms with E-state index < -0.39 is 17.9 Å². The summed E-state index contributed by atoms with van der Waals surface area (Å²) in [5, 5.41) is 0. The van der Waals surface area contributed by atoms with Gasteiger partial charge in [0.1, 0.15) is 0 Å². The lowest BCUT2D eigenvalue weighted by molar-refractivity contribution is -0.215. The van der Waals surface area contributed by atoms with Crippen LogP contribution in [0.3, 0.4) is 0 Å². The number of halogens is 3. The standard InChI is InChI=1S/C6H5F3O2/c1-3-5(10)11-6(8,9)4(2)7/h3H,1-2H2. The first-order valence-electron chi connectivity index (χ1n) is 2.48.